The van der Waals surface area contributed by atoms with Crippen LogP contribution in [0.1, 0.15) is 23.7 Å². The molecule has 1 heterocycles. The SMILES string of the molecule is CCOC(=O)c1cc(N(C)C2CCSC2)c(F)cc1N. The summed E-state index contributed by atoms with van der Waals surface area (Å²) in [6.45, 7) is 1.99. The summed E-state index contributed by atoms with van der Waals surface area (Å²) < 4.78 is 19.0. The zero-order chi connectivity index (χ0) is 14.7. The average Bonchev–Trinajstić information content (AvgIpc) is 2.92. The minimum Gasteiger partial charge on any atom is -0.462 e. The van der Waals surface area contributed by atoms with E-state index >= 15 is 0 Å². The van der Waals surface area contributed by atoms with Crippen LogP contribution in [-0.2, 0) is 4.74 Å². The first-order valence-electron chi connectivity index (χ1n) is 6.61. The number of carbonyl (C=O) groups excluding carboxylic acids is 1. The van der Waals surface area contributed by atoms with Crippen LogP contribution in [0.15, 0.2) is 12.1 Å². The van der Waals surface area contributed by atoms with Crippen LogP contribution in [0.2, 0.25) is 0 Å². The Balaban J connectivity index is 2.32. The largest absolute Gasteiger partial charge is 0.462 e. The van der Waals surface area contributed by atoms with Gasteiger partial charge in [0.05, 0.1) is 17.9 Å². The van der Waals surface area contributed by atoms with Gasteiger partial charge in [0.25, 0.3) is 0 Å². The number of ether oxygens (including phenoxy) is 1. The first kappa shape index (κ1) is 15.0. The molecule has 0 aliphatic carbocycles. The standard InChI is InChI=1S/C14H19FN2O2S/c1-3-19-14(18)10-6-13(11(15)7-12(10)16)17(2)9-4-5-20-8-9/h6-7,9H,3-5,8,16H2,1-2H3. The molecular weight excluding hydrogens is 279 g/mol. The fourth-order valence-corrected chi connectivity index (χ4v) is 3.53. The smallest absolute Gasteiger partial charge is 0.340 e. The molecule has 1 fully saturated rings. The maximum Gasteiger partial charge on any atom is 0.340 e. The molecule has 1 aliphatic heterocycles. The van der Waals surface area contributed by atoms with E-state index in [4.69, 9.17) is 10.5 Å². The van der Waals surface area contributed by atoms with Gasteiger partial charge in [-0.3, -0.25) is 0 Å². The molecule has 0 bridgehead atoms. The molecule has 0 amide bonds. The quantitative estimate of drug-likeness (QED) is 0.684. The van der Waals surface area contributed by atoms with E-state index in [0.29, 0.717) is 5.69 Å². The van der Waals surface area contributed by atoms with Gasteiger partial charge >= 0.3 is 5.97 Å². The van der Waals surface area contributed by atoms with Crippen molar-refractivity contribution in [3.8, 4) is 0 Å². The lowest BCUT2D eigenvalue weighted by atomic mass is 10.1. The monoisotopic (exact) mass is 298 g/mol. The normalized spacial score (nSPS) is 18.1. The first-order chi connectivity index (χ1) is 9.54. The number of benzene rings is 1. The molecule has 110 valence electrons. The molecule has 0 aromatic heterocycles. The van der Waals surface area contributed by atoms with E-state index in [1.165, 1.54) is 12.1 Å². The van der Waals surface area contributed by atoms with Gasteiger partial charge in [-0.1, -0.05) is 0 Å². The van der Waals surface area contributed by atoms with E-state index in [1.807, 2.05) is 23.7 Å². The van der Waals surface area contributed by atoms with Gasteiger partial charge in [-0.25, -0.2) is 9.18 Å². The molecule has 1 saturated heterocycles. The molecule has 1 aromatic carbocycles. The second kappa shape index (κ2) is 6.35. The molecule has 1 aliphatic rings. The summed E-state index contributed by atoms with van der Waals surface area (Å²) in [7, 11) is 1.85. The summed E-state index contributed by atoms with van der Waals surface area (Å²) in [6.07, 6.45) is 1.01. The lowest BCUT2D eigenvalue weighted by Crippen LogP contribution is -2.32. The van der Waals surface area contributed by atoms with Gasteiger partial charge in [0.2, 0.25) is 0 Å². The summed E-state index contributed by atoms with van der Waals surface area (Å²) in [5.41, 5.74) is 6.44. The van der Waals surface area contributed by atoms with E-state index in [0.717, 1.165) is 17.9 Å². The second-order valence-corrected chi connectivity index (χ2v) is 5.89. The third kappa shape index (κ3) is 3.00. The van der Waals surface area contributed by atoms with Crippen molar-refractivity contribution in [2.24, 2.45) is 0 Å². The molecule has 0 spiro atoms. The van der Waals surface area contributed by atoms with Gasteiger partial charge in [0, 0.05) is 24.5 Å². The van der Waals surface area contributed by atoms with Crippen molar-refractivity contribution in [2.75, 3.05) is 35.8 Å². The highest BCUT2D eigenvalue weighted by Gasteiger charge is 2.24. The number of nitrogens with two attached hydrogens (primary N) is 1. The van der Waals surface area contributed by atoms with Gasteiger partial charge in [0.15, 0.2) is 0 Å². The highest BCUT2D eigenvalue weighted by molar-refractivity contribution is 7.99. The van der Waals surface area contributed by atoms with Gasteiger partial charge in [0.1, 0.15) is 5.82 Å². The van der Waals surface area contributed by atoms with Crippen molar-refractivity contribution in [2.45, 2.75) is 19.4 Å². The highest BCUT2D eigenvalue weighted by atomic mass is 32.2. The van der Waals surface area contributed by atoms with Crippen LogP contribution in [0.3, 0.4) is 0 Å². The van der Waals surface area contributed by atoms with E-state index in [1.54, 1.807) is 6.92 Å². The minimum absolute atomic E-state index is 0.110. The van der Waals surface area contributed by atoms with E-state index in [2.05, 4.69) is 0 Å². The zero-order valence-electron chi connectivity index (χ0n) is 11.7. The predicted molar refractivity (Wildman–Crippen MR) is 80.9 cm³/mol. The van der Waals surface area contributed by atoms with Crippen LogP contribution in [0.4, 0.5) is 15.8 Å². The van der Waals surface area contributed by atoms with Crippen molar-refractivity contribution in [1.29, 1.82) is 0 Å². The number of esters is 1. The fraction of sp³-hybridized carbons (Fsp3) is 0.500. The Labute approximate surface area is 122 Å². The van der Waals surface area contributed by atoms with E-state index < -0.39 is 11.8 Å². The van der Waals surface area contributed by atoms with Crippen LogP contribution < -0.4 is 10.6 Å². The van der Waals surface area contributed by atoms with Crippen molar-refractivity contribution in [1.82, 2.24) is 0 Å². The summed E-state index contributed by atoms with van der Waals surface area (Å²) in [5.74, 6) is 1.13. The molecule has 6 heteroatoms. The second-order valence-electron chi connectivity index (χ2n) is 4.74. The molecule has 20 heavy (non-hydrogen) atoms. The Hall–Kier alpha value is -1.43. The van der Waals surface area contributed by atoms with Crippen molar-refractivity contribution in [3.63, 3.8) is 0 Å². The summed E-state index contributed by atoms with van der Waals surface area (Å²) in [4.78, 5) is 13.7. The number of nitrogen functional groups attached to an aromatic ring is 1. The molecule has 0 radical (unpaired) electrons. The lowest BCUT2D eigenvalue weighted by molar-refractivity contribution is 0.0527. The maximum absolute atomic E-state index is 14.1. The highest BCUT2D eigenvalue weighted by Crippen LogP contribution is 2.30. The number of hydrogen-bond acceptors (Lipinski definition) is 5. The first-order valence-corrected chi connectivity index (χ1v) is 7.76. The van der Waals surface area contributed by atoms with Gasteiger partial charge in [-0.15, -0.1) is 0 Å². The number of rotatable bonds is 4. The number of hydrogen-bond donors (Lipinski definition) is 1. The molecule has 1 aromatic rings. The molecule has 4 nitrogen and oxygen atoms in total. The maximum atomic E-state index is 14.1. The molecule has 2 rings (SSSR count). The van der Waals surface area contributed by atoms with Crippen LogP contribution in [-0.4, -0.2) is 37.2 Å². The fourth-order valence-electron chi connectivity index (χ4n) is 2.26. The Kier molecular flexibility index (Phi) is 4.75. The lowest BCUT2D eigenvalue weighted by Gasteiger charge is -2.27. The van der Waals surface area contributed by atoms with Crippen molar-refractivity contribution >= 4 is 29.1 Å². The average molecular weight is 298 g/mol. The van der Waals surface area contributed by atoms with Crippen LogP contribution in [0.25, 0.3) is 0 Å². The summed E-state index contributed by atoms with van der Waals surface area (Å²) in [6, 6.07) is 2.97. The number of anilines is 2. The van der Waals surface area contributed by atoms with E-state index in [-0.39, 0.29) is 23.9 Å². The number of thioether (sulfide) groups is 1. The third-order valence-electron chi connectivity index (χ3n) is 3.45. The molecule has 2 N–H and O–H groups in total. The Morgan fingerprint density at radius 3 is 2.95 bits per heavy atom. The van der Waals surface area contributed by atoms with E-state index in [9.17, 15) is 9.18 Å². The Morgan fingerprint density at radius 1 is 1.60 bits per heavy atom. The van der Waals surface area contributed by atoms with Gasteiger partial charge in [-0.05, 0) is 31.2 Å². The van der Waals surface area contributed by atoms with Crippen LogP contribution in [0.5, 0.6) is 0 Å². The topological polar surface area (TPSA) is 55.6 Å². The van der Waals surface area contributed by atoms with Crippen molar-refractivity contribution in [3.05, 3.63) is 23.5 Å². The van der Waals surface area contributed by atoms with Crippen LogP contribution >= 0.6 is 11.8 Å². The Morgan fingerprint density at radius 2 is 2.35 bits per heavy atom. The van der Waals surface area contributed by atoms with Gasteiger partial charge in [-0.2, -0.15) is 11.8 Å². The predicted octanol–water partition coefficient (Wildman–Crippen LogP) is 2.53. The number of halogens is 1. The zero-order valence-corrected chi connectivity index (χ0v) is 12.5. The third-order valence-corrected chi connectivity index (χ3v) is 4.59. The molecule has 1 atom stereocenters. The Bertz CT molecular complexity index is 504. The van der Waals surface area contributed by atoms with Crippen LogP contribution in [0, 0.1) is 5.82 Å². The summed E-state index contributed by atoms with van der Waals surface area (Å²) in [5, 5.41) is 0. The molecular formula is C14H19FN2O2S. The molecule has 0 saturated carbocycles. The van der Waals surface area contributed by atoms with Crippen molar-refractivity contribution < 1.29 is 13.9 Å². The summed E-state index contributed by atoms with van der Waals surface area (Å²) >= 11 is 1.85. The number of nitrogens with zero attached hydrogens (tertiary/aromatic N) is 1. The number of carbonyl (C=O) groups is 1. The van der Waals surface area contributed by atoms with Gasteiger partial charge < -0.3 is 15.4 Å². The minimum atomic E-state index is -0.513. The molecule has 1 unspecified atom stereocenters.